The lowest BCUT2D eigenvalue weighted by Gasteiger charge is -2.18. The Labute approximate surface area is 145 Å². The minimum atomic E-state index is -0.389. The molecule has 0 bridgehead atoms. The van der Waals surface area contributed by atoms with Crippen molar-refractivity contribution in [3.8, 4) is 11.5 Å². The van der Waals surface area contributed by atoms with Crippen molar-refractivity contribution in [2.45, 2.75) is 20.0 Å². The van der Waals surface area contributed by atoms with Crippen LogP contribution in [0.3, 0.4) is 0 Å². The van der Waals surface area contributed by atoms with Crippen LogP contribution in [0.2, 0.25) is 0 Å². The molecule has 0 atom stereocenters. The quantitative estimate of drug-likeness (QED) is 0.864. The van der Waals surface area contributed by atoms with E-state index >= 15 is 0 Å². The van der Waals surface area contributed by atoms with Gasteiger partial charge in [-0.2, -0.15) is 0 Å². The Kier molecular flexibility index (Phi) is 4.88. The van der Waals surface area contributed by atoms with Gasteiger partial charge in [-0.15, -0.1) is 0 Å². The second-order valence-electron chi connectivity index (χ2n) is 5.84. The van der Waals surface area contributed by atoms with Gasteiger partial charge in [-0.3, -0.25) is 4.79 Å². The van der Waals surface area contributed by atoms with E-state index in [1.54, 1.807) is 56.3 Å². The Bertz CT molecular complexity index is 783. The van der Waals surface area contributed by atoms with Crippen molar-refractivity contribution in [2.75, 3.05) is 18.5 Å². The highest BCUT2D eigenvalue weighted by atomic mass is 16.6. The molecule has 6 heteroatoms. The number of anilines is 1. The highest BCUT2D eigenvalue weighted by molar-refractivity contribution is 6.04. The smallest absolute Gasteiger partial charge is 0.338 e. The zero-order valence-electron chi connectivity index (χ0n) is 14.1. The monoisotopic (exact) mass is 341 g/mol. The Morgan fingerprint density at radius 2 is 1.60 bits per heavy atom. The fourth-order valence-electron chi connectivity index (χ4n) is 2.36. The van der Waals surface area contributed by atoms with Crippen molar-refractivity contribution in [1.29, 1.82) is 0 Å². The van der Waals surface area contributed by atoms with E-state index in [1.165, 1.54) is 0 Å². The summed E-state index contributed by atoms with van der Waals surface area (Å²) in [5.74, 6) is 0.538. The lowest BCUT2D eigenvalue weighted by atomic mass is 10.1. The van der Waals surface area contributed by atoms with Crippen molar-refractivity contribution < 1.29 is 23.8 Å². The molecule has 1 N–H and O–H groups in total. The van der Waals surface area contributed by atoms with Gasteiger partial charge in [0.15, 0.2) is 11.5 Å². The Morgan fingerprint density at radius 3 is 2.28 bits per heavy atom. The average molecular weight is 341 g/mol. The van der Waals surface area contributed by atoms with Gasteiger partial charge in [0.2, 0.25) is 0 Å². The summed E-state index contributed by atoms with van der Waals surface area (Å²) in [5.41, 5.74) is 1.49. The van der Waals surface area contributed by atoms with Gasteiger partial charge in [0.05, 0.1) is 11.7 Å². The van der Waals surface area contributed by atoms with Crippen LogP contribution in [0, 0.1) is 0 Å². The molecule has 25 heavy (non-hydrogen) atoms. The first-order chi connectivity index (χ1) is 12.0. The molecule has 2 aromatic rings. The number of esters is 1. The molecule has 1 aliphatic heterocycles. The van der Waals surface area contributed by atoms with Crippen LogP contribution in [0.15, 0.2) is 42.5 Å². The average Bonchev–Trinajstić information content (AvgIpc) is 2.61. The molecule has 0 unspecified atom stereocenters. The van der Waals surface area contributed by atoms with E-state index in [2.05, 4.69) is 5.32 Å². The minimum Gasteiger partial charge on any atom is -0.486 e. The van der Waals surface area contributed by atoms with Crippen LogP contribution in [0.25, 0.3) is 0 Å². The van der Waals surface area contributed by atoms with E-state index in [-0.39, 0.29) is 18.0 Å². The number of carbonyl (C=O) groups is 2. The summed E-state index contributed by atoms with van der Waals surface area (Å²) < 4.78 is 16.0. The number of ether oxygens (including phenoxy) is 3. The maximum absolute atomic E-state index is 12.4. The normalized spacial score (nSPS) is 12.6. The number of fused-ring (bicyclic) bond motifs is 1. The largest absolute Gasteiger partial charge is 0.486 e. The SMILES string of the molecule is CC(C)OC(=O)c1ccc(NC(=O)c2ccc3c(c2)OCCO3)cc1. The van der Waals surface area contributed by atoms with Crippen LogP contribution < -0.4 is 14.8 Å². The van der Waals surface area contributed by atoms with Gasteiger partial charge in [-0.25, -0.2) is 4.79 Å². The predicted octanol–water partition coefficient (Wildman–Crippen LogP) is 3.28. The summed E-state index contributed by atoms with van der Waals surface area (Å²) >= 11 is 0. The van der Waals surface area contributed by atoms with E-state index in [9.17, 15) is 9.59 Å². The molecule has 0 spiro atoms. The van der Waals surface area contributed by atoms with E-state index in [0.29, 0.717) is 41.5 Å². The van der Waals surface area contributed by atoms with E-state index in [0.717, 1.165) is 0 Å². The van der Waals surface area contributed by atoms with Gasteiger partial charge in [-0.1, -0.05) is 0 Å². The molecule has 0 fully saturated rings. The molecule has 130 valence electrons. The number of hydrogen-bond acceptors (Lipinski definition) is 5. The lowest BCUT2D eigenvalue weighted by molar-refractivity contribution is 0.0378. The topological polar surface area (TPSA) is 73.9 Å². The number of nitrogens with one attached hydrogen (secondary N) is 1. The summed E-state index contributed by atoms with van der Waals surface area (Å²) in [6.45, 7) is 4.55. The molecule has 0 saturated carbocycles. The molecule has 6 nitrogen and oxygen atoms in total. The molecule has 0 aromatic heterocycles. The molecule has 3 rings (SSSR count). The lowest BCUT2D eigenvalue weighted by Crippen LogP contribution is -2.17. The number of hydrogen-bond donors (Lipinski definition) is 1. The number of amides is 1. The van der Waals surface area contributed by atoms with Crippen LogP contribution in [0.5, 0.6) is 11.5 Å². The molecule has 1 aliphatic rings. The highest BCUT2D eigenvalue weighted by Crippen LogP contribution is 2.31. The number of rotatable bonds is 4. The molecular weight excluding hydrogens is 322 g/mol. The number of benzene rings is 2. The third kappa shape index (κ3) is 4.09. The van der Waals surface area contributed by atoms with Crippen LogP contribution in [0.1, 0.15) is 34.6 Å². The van der Waals surface area contributed by atoms with Crippen molar-refractivity contribution in [3.63, 3.8) is 0 Å². The molecule has 1 heterocycles. The minimum absolute atomic E-state index is 0.179. The zero-order valence-corrected chi connectivity index (χ0v) is 14.1. The van der Waals surface area contributed by atoms with E-state index < -0.39 is 0 Å². The van der Waals surface area contributed by atoms with Gasteiger partial charge in [0.1, 0.15) is 13.2 Å². The fraction of sp³-hybridized carbons (Fsp3) is 0.263. The molecular formula is C19H19NO5. The van der Waals surface area contributed by atoms with Crippen LogP contribution in [-0.4, -0.2) is 31.2 Å². The van der Waals surface area contributed by atoms with Gasteiger partial charge in [0, 0.05) is 11.3 Å². The van der Waals surface area contributed by atoms with Gasteiger partial charge >= 0.3 is 5.97 Å². The summed E-state index contributed by atoms with van der Waals surface area (Å²) in [4.78, 5) is 24.2. The first kappa shape index (κ1) is 16.8. The van der Waals surface area contributed by atoms with Crippen molar-refractivity contribution in [2.24, 2.45) is 0 Å². The summed E-state index contributed by atoms with van der Waals surface area (Å²) in [7, 11) is 0. The fourth-order valence-corrected chi connectivity index (χ4v) is 2.36. The maximum Gasteiger partial charge on any atom is 0.338 e. The highest BCUT2D eigenvalue weighted by Gasteiger charge is 2.15. The molecule has 0 saturated heterocycles. The van der Waals surface area contributed by atoms with Crippen LogP contribution in [0.4, 0.5) is 5.69 Å². The first-order valence-electron chi connectivity index (χ1n) is 8.05. The Morgan fingerprint density at radius 1 is 0.960 bits per heavy atom. The molecule has 0 aliphatic carbocycles. The molecule has 2 aromatic carbocycles. The van der Waals surface area contributed by atoms with Crippen molar-refractivity contribution >= 4 is 17.6 Å². The van der Waals surface area contributed by atoms with Crippen molar-refractivity contribution in [3.05, 3.63) is 53.6 Å². The van der Waals surface area contributed by atoms with Gasteiger partial charge in [-0.05, 0) is 56.3 Å². The van der Waals surface area contributed by atoms with Crippen molar-refractivity contribution in [1.82, 2.24) is 0 Å². The second kappa shape index (κ2) is 7.25. The standard InChI is InChI=1S/C19H19NO5/c1-12(2)25-19(22)13-3-6-15(7-4-13)20-18(21)14-5-8-16-17(11-14)24-10-9-23-16/h3-8,11-12H,9-10H2,1-2H3,(H,20,21). The van der Waals surface area contributed by atoms with Gasteiger partial charge < -0.3 is 19.5 Å². The molecule has 1 amide bonds. The second-order valence-corrected chi connectivity index (χ2v) is 5.84. The third-order valence-corrected chi connectivity index (χ3v) is 3.53. The van der Waals surface area contributed by atoms with Crippen LogP contribution >= 0.6 is 0 Å². The third-order valence-electron chi connectivity index (χ3n) is 3.53. The van der Waals surface area contributed by atoms with E-state index in [1.807, 2.05) is 0 Å². The molecule has 0 radical (unpaired) electrons. The Balaban J connectivity index is 1.68. The predicted molar refractivity (Wildman–Crippen MR) is 92.4 cm³/mol. The summed E-state index contributed by atoms with van der Waals surface area (Å²) in [6, 6.07) is 11.6. The first-order valence-corrected chi connectivity index (χ1v) is 8.05. The number of carbonyl (C=O) groups excluding carboxylic acids is 2. The van der Waals surface area contributed by atoms with E-state index in [4.69, 9.17) is 14.2 Å². The maximum atomic E-state index is 12.4. The van der Waals surface area contributed by atoms with Crippen LogP contribution in [-0.2, 0) is 4.74 Å². The zero-order chi connectivity index (χ0) is 17.8. The van der Waals surface area contributed by atoms with Gasteiger partial charge in [0.25, 0.3) is 5.91 Å². The summed E-state index contributed by atoms with van der Waals surface area (Å²) in [6.07, 6.45) is -0.179. The summed E-state index contributed by atoms with van der Waals surface area (Å²) in [5, 5.41) is 2.78. The Hall–Kier alpha value is -3.02.